The fourth-order valence-electron chi connectivity index (χ4n) is 2.57. The van der Waals surface area contributed by atoms with E-state index in [2.05, 4.69) is 22.9 Å². The Balaban J connectivity index is 2.93. The topological polar surface area (TPSA) is 53.2 Å². The van der Waals surface area contributed by atoms with Crippen molar-refractivity contribution >= 4 is 5.78 Å². The van der Waals surface area contributed by atoms with Crippen LogP contribution < -0.4 is 16.0 Å². The van der Waals surface area contributed by atoms with Gasteiger partial charge in [0.15, 0.2) is 5.78 Å². The summed E-state index contributed by atoms with van der Waals surface area (Å²) < 4.78 is 0. The van der Waals surface area contributed by atoms with E-state index in [-0.39, 0.29) is 17.6 Å². The molecule has 82 valence electrons. The first kappa shape index (κ1) is 11.6. The second-order valence-electron chi connectivity index (χ2n) is 3.94. The Hall–Kier alpha value is -0.450. The Bertz CT molecular complexity index is 213. The SMILES string of the molecule is CCC1(NC)CC(=O)C(NC)C1NC. The standard InChI is InChI=1S/C10H21N3O/c1-5-10(13-4)6-7(14)8(11-2)9(10)12-3/h8-9,11-13H,5-6H2,1-4H3. The van der Waals surface area contributed by atoms with Crippen molar-refractivity contribution < 1.29 is 4.79 Å². The highest BCUT2D eigenvalue weighted by atomic mass is 16.1. The summed E-state index contributed by atoms with van der Waals surface area (Å²) in [6, 6.07) is 0.113. The van der Waals surface area contributed by atoms with Gasteiger partial charge in [0.2, 0.25) is 0 Å². The molecule has 0 radical (unpaired) electrons. The normalized spacial score (nSPS) is 37.9. The molecular weight excluding hydrogens is 178 g/mol. The van der Waals surface area contributed by atoms with Gasteiger partial charge in [0.1, 0.15) is 0 Å². The molecule has 1 aliphatic carbocycles. The second kappa shape index (κ2) is 4.38. The Morgan fingerprint density at radius 2 is 2.00 bits per heavy atom. The molecule has 0 aromatic heterocycles. The van der Waals surface area contributed by atoms with E-state index >= 15 is 0 Å². The van der Waals surface area contributed by atoms with E-state index in [9.17, 15) is 4.79 Å². The third-order valence-electron chi connectivity index (χ3n) is 3.52. The number of carbonyl (C=O) groups is 1. The van der Waals surface area contributed by atoms with Crippen molar-refractivity contribution in [2.45, 2.75) is 37.4 Å². The average Bonchev–Trinajstić information content (AvgIpc) is 2.50. The van der Waals surface area contributed by atoms with Crippen molar-refractivity contribution in [1.29, 1.82) is 0 Å². The summed E-state index contributed by atoms with van der Waals surface area (Å²) in [5.74, 6) is 0.294. The lowest BCUT2D eigenvalue weighted by Crippen LogP contribution is -2.59. The largest absolute Gasteiger partial charge is 0.313 e. The maximum absolute atomic E-state index is 11.8. The van der Waals surface area contributed by atoms with Gasteiger partial charge in [-0.2, -0.15) is 0 Å². The minimum atomic E-state index is -0.0838. The Labute approximate surface area is 85.8 Å². The molecule has 1 fully saturated rings. The number of Topliss-reactive ketones (excluding diaryl/α,β-unsaturated/α-hetero) is 1. The predicted octanol–water partition coefficient (Wildman–Crippen LogP) is -0.497. The van der Waals surface area contributed by atoms with E-state index in [4.69, 9.17) is 0 Å². The summed E-state index contributed by atoms with van der Waals surface area (Å²) in [6.45, 7) is 2.12. The van der Waals surface area contributed by atoms with Gasteiger partial charge >= 0.3 is 0 Å². The number of ketones is 1. The smallest absolute Gasteiger partial charge is 0.153 e. The molecule has 0 aromatic rings. The summed E-state index contributed by atoms with van der Waals surface area (Å²) in [6.07, 6.45) is 1.57. The van der Waals surface area contributed by atoms with Gasteiger partial charge in [-0.05, 0) is 27.6 Å². The lowest BCUT2D eigenvalue weighted by atomic mass is 9.89. The zero-order valence-corrected chi connectivity index (χ0v) is 9.48. The third-order valence-corrected chi connectivity index (χ3v) is 3.52. The van der Waals surface area contributed by atoms with Crippen LogP contribution in [0.25, 0.3) is 0 Å². The van der Waals surface area contributed by atoms with E-state index in [0.29, 0.717) is 12.2 Å². The number of rotatable bonds is 4. The van der Waals surface area contributed by atoms with Crippen LogP contribution in [0.5, 0.6) is 0 Å². The molecule has 1 saturated carbocycles. The van der Waals surface area contributed by atoms with Crippen LogP contribution in [0.15, 0.2) is 0 Å². The van der Waals surface area contributed by atoms with Gasteiger partial charge in [0, 0.05) is 18.0 Å². The van der Waals surface area contributed by atoms with E-state index in [1.165, 1.54) is 0 Å². The number of hydrogen-bond donors (Lipinski definition) is 3. The molecule has 0 heterocycles. The van der Waals surface area contributed by atoms with Gasteiger partial charge in [0.25, 0.3) is 0 Å². The van der Waals surface area contributed by atoms with Crippen LogP contribution in [0.1, 0.15) is 19.8 Å². The average molecular weight is 199 g/mol. The van der Waals surface area contributed by atoms with Crippen molar-refractivity contribution in [3.8, 4) is 0 Å². The number of carbonyl (C=O) groups excluding carboxylic acids is 1. The molecule has 0 amide bonds. The third kappa shape index (κ3) is 1.58. The molecule has 3 unspecified atom stereocenters. The molecule has 0 bridgehead atoms. The molecule has 0 aliphatic heterocycles. The number of nitrogens with one attached hydrogen (secondary N) is 3. The van der Waals surface area contributed by atoms with E-state index in [0.717, 1.165) is 6.42 Å². The first-order chi connectivity index (χ1) is 6.65. The van der Waals surface area contributed by atoms with Gasteiger partial charge < -0.3 is 16.0 Å². The predicted molar refractivity (Wildman–Crippen MR) is 57.4 cm³/mol. The molecule has 1 aliphatic rings. The van der Waals surface area contributed by atoms with Crippen molar-refractivity contribution in [1.82, 2.24) is 16.0 Å². The van der Waals surface area contributed by atoms with Crippen molar-refractivity contribution in [3.05, 3.63) is 0 Å². The van der Waals surface area contributed by atoms with Crippen LogP contribution >= 0.6 is 0 Å². The molecule has 0 spiro atoms. The van der Waals surface area contributed by atoms with Gasteiger partial charge in [-0.15, -0.1) is 0 Å². The summed E-state index contributed by atoms with van der Waals surface area (Å²) in [5.41, 5.74) is -0.0838. The maximum Gasteiger partial charge on any atom is 0.153 e. The minimum absolute atomic E-state index is 0.0626. The quantitative estimate of drug-likeness (QED) is 0.571. The van der Waals surface area contributed by atoms with Crippen molar-refractivity contribution in [2.24, 2.45) is 0 Å². The summed E-state index contributed by atoms with van der Waals surface area (Å²) in [4.78, 5) is 11.8. The molecule has 3 atom stereocenters. The van der Waals surface area contributed by atoms with Gasteiger partial charge in [-0.25, -0.2) is 0 Å². The van der Waals surface area contributed by atoms with Crippen LogP contribution in [0.3, 0.4) is 0 Å². The Morgan fingerprint density at radius 3 is 2.36 bits per heavy atom. The van der Waals surface area contributed by atoms with Gasteiger partial charge in [-0.1, -0.05) is 6.92 Å². The van der Waals surface area contributed by atoms with Crippen molar-refractivity contribution in [2.75, 3.05) is 21.1 Å². The molecule has 3 N–H and O–H groups in total. The van der Waals surface area contributed by atoms with E-state index < -0.39 is 0 Å². The highest BCUT2D eigenvalue weighted by molar-refractivity contribution is 5.89. The van der Waals surface area contributed by atoms with Gasteiger partial charge in [0.05, 0.1) is 6.04 Å². The van der Waals surface area contributed by atoms with E-state index in [1.54, 1.807) is 0 Å². The fraction of sp³-hybridized carbons (Fsp3) is 0.900. The fourth-order valence-corrected chi connectivity index (χ4v) is 2.57. The van der Waals surface area contributed by atoms with Crippen LogP contribution in [0, 0.1) is 0 Å². The van der Waals surface area contributed by atoms with Gasteiger partial charge in [-0.3, -0.25) is 4.79 Å². The lowest BCUT2D eigenvalue weighted by molar-refractivity contribution is -0.119. The van der Waals surface area contributed by atoms with Crippen LogP contribution in [-0.4, -0.2) is 44.5 Å². The molecule has 4 nitrogen and oxygen atoms in total. The first-order valence-electron chi connectivity index (χ1n) is 5.21. The molecule has 0 saturated heterocycles. The first-order valence-corrected chi connectivity index (χ1v) is 5.21. The number of likely N-dealkylation sites (N-methyl/N-ethyl adjacent to an activating group) is 3. The second-order valence-corrected chi connectivity index (χ2v) is 3.94. The van der Waals surface area contributed by atoms with Crippen molar-refractivity contribution in [3.63, 3.8) is 0 Å². The molecule has 4 heteroatoms. The summed E-state index contributed by atoms with van der Waals surface area (Å²) in [5, 5.41) is 9.63. The zero-order valence-electron chi connectivity index (χ0n) is 9.48. The maximum atomic E-state index is 11.8. The lowest BCUT2D eigenvalue weighted by Gasteiger charge is -2.35. The van der Waals surface area contributed by atoms with Crippen LogP contribution in [0.4, 0.5) is 0 Å². The highest BCUT2D eigenvalue weighted by Crippen LogP contribution is 2.30. The van der Waals surface area contributed by atoms with Crippen LogP contribution in [-0.2, 0) is 4.79 Å². The molecular formula is C10H21N3O. The zero-order chi connectivity index (χ0) is 10.8. The number of hydrogen-bond acceptors (Lipinski definition) is 4. The Kier molecular flexibility index (Phi) is 3.64. The summed E-state index contributed by atoms with van der Waals surface area (Å²) >= 11 is 0. The monoisotopic (exact) mass is 199 g/mol. The highest BCUT2D eigenvalue weighted by Gasteiger charge is 2.50. The molecule has 1 rings (SSSR count). The minimum Gasteiger partial charge on any atom is -0.313 e. The molecule has 0 aromatic carbocycles. The van der Waals surface area contributed by atoms with Crippen LogP contribution in [0.2, 0.25) is 0 Å². The Morgan fingerprint density at radius 1 is 1.36 bits per heavy atom. The molecule has 14 heavy (non-hydrogen) atoms. The van der Waals surface area contributed by atoms with E-state index in [1.807, 2.05) is 21.1 Å². The summed E-state index contributed by atoms with van der Waals surface area (Å²) in [7, 11) is 5.68.